The molecule has 0 fully saturated rings. The van der Waals surface area contributed by atoms with E-state index in [9.17, 15) is 13.6 Å². The number of aliphatic hydroxyl groups excluding tert-OH is 1. The van der Waals surface area contributed by atoms with Crippen molar-refractivity contribution >= 4 is 5.97 Å². The second kappa shape index (κ2) is 4.35. The molecule has 0 aliphatic heterocycles. The van der Waals surface area contributed by atoms with Crippen molar-refractivity contribution in [3.8, 4) is 0 Å². The van der Waals surface area contributed by atoms with Crippen molar-refractivity contribution in [1.82, 2.24) is 0 Å². The van der Waals surface area contributed by atoms with Crippen LogP contribution >= 0.6 is 0 Å². The summed E-state index contributed by atoms with van der Waals surface area (Å²) < 4.78 is 29.1. The van der Waals surface area contributed by atoms with E-state index in [0.717, 1.165) is 7.11 Å². The standard InChI is InChI=1S/C7H12F2O3/c1-3-5(10)4-7(8,9)6(11)12-2/h5,10H,3-4H2,1-2H3. The molecule has 5 heteroatoms. The van der Waals surface area contributed by atoms with Gasteiger partial charge >= 0.3 is 11.9 Å². The van der Waals surface area contributed by atoms with Gasteiger partial charge in [0.15, 0.2) is 0 Å². The minimum absolute atomic E-state index is 0.187. The lowest BCUT2D eigenvalue weighted by molar-refractivity contribution is -0.172. The van der Waals surface area contributed by atoms with Crippen LogP contribution in [-0.4, -0.2) is 30.2 Å². The highest BCUT2D eigenvalue weighted by molar-refractivity contribution is 5.77. The normalized spacial score (nSPS) is 14.1. The van der Waals surface area contributed by atoms with Crippen LogP contribution in [-0.2, 0) is 9.53 Å². The maximum absolute atomic E-state index is 12.6. The van der Waals surface area contributed by atoms with Crippen molar-refractivity contribution in [2.45, 2.75) is 31.8 Å². The second-order valence-electron chi connectivity index (χ2n) is 2.46. The molecule has 0 saturated carbocycles. The molecule has 3 nitrogen and oxygen atoms in total. The lowest BCUT2D eigenvalue weighted by Gasteiger charge is -2.16. The number of esters is 1. The van der Waals surface area contributed by atoms with Gasteiger partial charge in [0.1, 0.15) is 0 Å². The van der Waals surface area contributed by atoms with E-state index in [0.29, 0.717) is 0 Å². The number of hydrogen-bond donors (Lipinski definition) is 1. The smallest absolute Gasteiger partial charge is 0.376 e. The van der Waals surface area contributed by atoms with Crippen LogP contribution in [0.25, 0.3) is 0 Å². The molecule has 0 amide bonds. The van der Waals surface area contributed by atoms with E-state index in [1.165, 1.54) is 0 Å². The zero-order valence-corrected chi connectivity index (χ0v) is 7.01. The van der Waals surface area contributed by atoms with Gasteiger partial charge in [-0.15, -0.1) is 0 Å². The van der Waals surface area contributed by atoms with Gasteiger partial charge in [0.2, 0.25) is 0 Å². The van der Waals surface area contributed by atoms with Crippen LogP contribution in [0.1, 0.15) is 19.8 Å². The summed E-state index contributed by atoms with van der Waals surface area (Å²) in [5.41, 5.74) is 0. The van der Waals surface area contributed by atoms with E-state index < -0.39 is 24.4 Å². The molecule has 0 aliphatic rings. The molecule has 0 aromatic heterocycles. The predicted octanol–water partition coefficient (Wildman–Crippen LogP) is 0.956. The molecule has 72 valence electrons. The van der Waals surface area contributed by atoms with Crippen molar-refractivity contribution in [1.29, 1.82) is 0 Å². The van der Waals surface area contributed by atoms with Crippen LogP contribution in [0, 0.1) is 0 Å². The van der Waals surface area contributed by atoms with Crippen molar-refractivity contribution in [2.75, 3.05) is 7.11 Å². The third-order valence-electron chi connectivity index (χ3n) is 1.45. The third kappa shape index (κ3) is 3.13. The second-order valence-corrected chi connectivity index (χ2v) is 2.46. The summed E-state index contributed by atoms with van der Waals surface area (Å²) in [5, 5.41) is 8.85. The van der Waals surface area contributed by atoms with Crippen LogP contribution in [0.5, 0.6) is 0 Å². The van der Waals surface area contributed by atoms with E-state index >= 15 is 0 Å². The fourth-order valence-electron chi connectivity index (χ4n) is 0.673. The SMILES string of the molecule is CCC(O)CC(F)(F)C(=O)OC. The van der Waals surface area contributed by atoms with Gasteiger partial charge in [-0.1, -0.05) is 6.92 Å². The summed E-state index contributed by atoms with van der Waals surface area (Å²) in [6, 6.07) is 0. The first-order valence-electron chi connectivity index (χ1n) is 3.58. The Hall–Kier alpha value is -0.710. The van der Waals surface area contributed by atoms with Crippen molar-refractivity contribution in [3.63, 3.8) is 0 Å². The van der Waals surface area contributed by atoms with Crippen molar-refractivity contribution in [3.05, 3.63) is 0 Å². The monoisotopic (exact) mass is 182 g/mol. The summed E-state index contributed by atoms with van der Waals surface area (Å²) in [7, 11) is 0.884. The van der Waals surface area contributed by atoms with Gasteiger partial charge in [0.05, 0.1) is 13.2 Å². The van der Waals surface area contributed by atoms with Gasteiger partial charge in [0, 0.05) is 6.42 Å². The molecule has 0 spiro atoms. The average molecular weight is 182 g/mol. The molecule has 0 bridgehead atoms. The number of ether oxygens (including phenoxy) is 1. The zero-order valence-electron chi connectivity index (χ0n) is 7.01. The molecular weight excluding hydrogens is 170 g/mol. The fourth-order valence-corrected chi connectivity index (χ4v) is 0.673. The molecule has 0 radical (unpaired) electrons. The first kappa shape index (κ1) is 11.3. The number of methoxy groups -OCH3 is 1. The van der Waals surface area contributed by atoms with Gasteiger partial charge in [-0.3, -0.25) is 0 Å². The van der Waals surface area contributed by atoms with Crippen LogP contribution in [0.15, 0.2) is 0 Å². The number of rotatable bonds is 4. The van der Waals surface area contributed by atoms with Crippen molar-refractivity contribution < 1.29 is 23.4 Å². The van der Waals surface area contributed by atoms with Crippen LogP contribution in [0.2, 0.25) is 0 Å². The summed E-state index contributed by atoms with van der Waals surface area (Å²) in [4.78, 5) is 10.4. The van der Waals surface area contributed by atoms with Gasteiger partial charge < -0.3 is 9.84 Å². The molecule has 0 aromatic carbocycles. The van der Waals surface area contributed by atoms with Crippen LogP contribution < -0.4 is 0 Å². The van der Waals surface area contributed by atoms with Crippen LogP contribution in [0.3, 0.4) is 0 Å². The maximum Gasteiger partial charge on any atom is 0.376 e. The van der Waals surface area contributed by atoms with Crippen molar-refractivity contribution in [2.24, 2.45) is 0 Å². The van der Waals surface area contributed by atoms with Gasteiger partial charge in [-0.25, -0.2) is 4.79 Å². The Bertz CT molecular complexity index is 159. The molecule has 0 aliphatic carbocycles. The first-order valence-corrected chi connectivity index (χ1v) is 3.58. The van der Waals surface area contributed by atoms with Crippen LogP contribution in [0.4, 0.5) is 8.78 Å². The highest BCUT2D eigenvalue weighted by Gasteiger charge is 2.41. The molecule has 12 heavy (non-hydrogen) atoms. The molecule has 0 heterocycles. The van der Waals surface area contributed by atoms with Gasteiger partial charge in [0.25, 0.3) is 0 Å². The van der Waals surface area contributed by atoms with E-state index in [1.54, 1.807) is 6.92 Å². The Morgan fingerprint density at radius 1 is 1.67 bits per heavy atom. The third-order valence-corrected chi connectivity index (χ3v) is 1.45. The largest absolute Gasteiger partial charge is 0.465 e. The van der Waals surface area contributed by atoms with E-state index in [4.69, 9.17) is 5.11 Å². The summed E-state index contributed by atoms with van der Waals surface area (Å²) in [6.07, 6.45) is -1.86. The summed E-state index contributed by atoms with van der Waals surface area (Å²) in [6.45, 7) is 1.55. The molecule has 0 rings (SSSR count). The minimum Gasteiger partial charge on any atom is -0.465 e. The minimum atomic E-state index is -3.58. The average Bonchev–Trinajstić information content (AvgIpc) is 2.02. The lowest BCUT2D eigenvalue weighted by atomic mass is 10.1. The molecular formula is C7H12F2O3. The van der Waals surface area contributed by atoms with E-state index in [2.05, 4.69) is 4.74 Å². The zero-order chi connectivity index (χ0) is 9.78. The predicted molar refractivity (Wildman–Crippen MR) is 37.9 cm³/mol. The quantitative estimate of drug-likeness (QED) is 0.658. The number of aliphatic hydroxyl groups is 1. The fraction of sp³-hybridized carbons (Fsp3) is 0.857. The molecule has 1 N–H and O–H groups in total. The topological polar surface area (TPSA) is 46.5 Å². The van der Waals surface area contributed by atoms with E-state index in [1.807, 2.05) is 0 Å². The highest BCUT2D eigenvalue weighted by Crippen LogP contribution is 2.22. The molecule has 0 saturated heterocycles. The Labute approximate surface area is 69.3 Å². The first-order chi connectivity index (χ1) is 5.44. The molecule has 1 unspecified atom stereocenters. The lowest BCUT2D eigenvalue weighted by Crippen LogP contribution is -2.33. The summed E-state index contributed by atoms with van der Waals surface area (Å²) >= 11 is 0. The van der Waals surface area contributed by atoms with E-state index in [-0.39, 0.29) is 6.42 Å². The Kier molecular flexibility index (Phi) is 4.09. The number of carbonyl (C=O) groups is 1. The molecule has 1 atom stereocenters. The van der Waals surface area contributed by atoms with Gasteiger partial charge in [-0.05, 0) is 6.42 Å². The Balaban J connectivity index is 4.11. The number of alkyl halides is 2. The number of carbonyl (C=O) groups excluding carboxylic acids is 1. The Morgan fingerprint density at radius 2 is 2.17 bits per heavy atom. The maximum atomic E-state index is 12.6. The number of halogens is 2. The van der Waals surface area contributed by atoms with Gasteiger partial charge in [-0.2, -0.15) is 8.78 Å². The summed E-state index contributed by atoms with van der Waals surface area (Å²) in [5.74, 6) is -5.18. The Morgan fingerprint density at radius 3 is 2.50 bits per heavy atom. The number of hydrogen-bond acceptors (Lipinski definition) is 3. The molecule has 0 aromatic rings. The highest BCUT2D eigenvalue weighted by atomic mass is 19.3.